The number of rotatable bonds is 3. The van der Waals surface area contributed by atoms with Gasteiger partial charge in [0.05, 0.1) is 0 Å². The zero-order valence-corrected chi connectivity index (χ0v) is 15.6. The van der Waals surface area contributed by atoms with Gasteiger partial charge < -0.3 is 15.1 Å². The zero-order chi connectivity index (χ0) is 19.0. The van der Waals surface area contributed by atoms with Crippen LogP contribution in [0.2, 0.25) is 0 Å². The number of hydrogen-bond donors (Lipinski definition) is 1. The number of nitrogens with one attached hydrogen (secondary N) is 1. The molecular weight excluding hydrogens is 371 g/mol. The highest BCUT2D eigenvalue weighted by atomic mass is 32.2. The molecule has 4 rings (SSSR count). The number of imide groups is 1. The van der Waals surface area contributed by atoms with Crippen molar-refractivity contribution in [2.45, 2.75) is 12.0 Å². The van der Waals surface area contributed by atoms with Crippen LogP contribution in [-0.4, -0.2) is 77.4 Å². The Hall–Kier alpha value is -2.29. The highest BCUT2D eigenvalue weighted by molar-refractivity contribution is 7.99. The molecule has 3 heterocycles. The largest absolute Gasteiger partial charge is 0.368 e. The van der Waals surface area contributed by atoms with E-state index in [-0.39, 0.29) is 24.2 Å². The molecule has 7 nitrogen and oxygen atoms in total. The summed E-state index contributed by atoms with van der Waals surface area (Å²) in [6, 6.07) is 5.81. The number of halogens is 1. The van der Waals surface area contributed by atoms with Gasteiger partial charge in [-0.2, -0.15) is 11.8 Å². The fraction of sp³-hybridized carbons (Fsp3) is 0.500. The number of nitrogens with zero attached hydrogens (tertiary/aromatic N) is 3. The third kappa shape index (κ3) is 3.36. The molecule has 0 aromatic heterocycles. The van der Waals surface area contributed by atoms with Crippen molar-refractivity contribution >= 4 is 35.3 Å². The van der Waals surface area contributed by atoms with Crippen LogP contribution in [-0.2, 0) is 9.59 Å². The van der Waals surface area contributed by atoms with Crippen LogP contribution in [0.15, 0.2) is 24.3 Å². The summed E-state index contributed by atoms with van der Waals surface area (Å²) in [5.41, 5.74) is 0.0989. The number of amides is 4. The molecule has 1 spiro atoms. The van der Waals surface area contributed by atoms with Crippen molar-refractivity contribution in [1.82, 2.24) is 15.1 Å². The van der Waals surface area contributed by atoms with Crippen LogP contribution in [0.3, 0.4) is 0 Å². The van der Waals surface area contributed by atoms with Crippen LogP contribution in [0.4, 0.5) is 14.9 Å². The molecule has 3 fully saturated rings. The van der Waals surface area contributed by atoms with Gasteiger partial charge in [-0.25, -0.2) is 9.18 Å². The van der Waals surface area contributed by atoms with E-state index in [0.717, 1.165) is 16.3 Å². The number of hydrogen-bond acceptors (Lipinski definition) is 5. The molecule has 1 aromatic rings. The lowest BCUT2D eigenvalue weighted by Crippen LogP contribution is -2.52. The number of anilines is 1. The third-order valence-corrected chi connectivity index (χ3v) is 6.57. The van der Waals surface area contributed by atoms with E-state index >= 15 is 0 Å². The minimum Gasteiger partial charge on any atom is -0.368 e. The van der Waals surface area contributed by atoms with E-state index in [1.807, 2.05) is 0 Å². The van der Waals surface area contributed by atoms with Gasteiger partial charge in [-0.05, 0) is 36.4 Å². The molecule has 144 valence electrons. The topological polar surface area (TPSA) is 73.0 Å². The van der Waals surface area contributed by atoms with Gasteiger partial charge in [-0.3, -0.25) is 14.5 Å². The molecule has 9 heteroatoms. The fourth-order valence-electron chi connectivity index (χ4n) is 3.75. The molecule has 0 bridgehead atoms. The number of carbonyl (C=O) groups is 3. The summed E-state index contributed by atoms with van der Waals surface area (Å²) in [7, 11) is 0. The Kier molecular flexibility index (Phi) is 4.71. The molecular formula is C18H21FN4O3S. The first kappa shape index (κ1) is 18.1. The van der Waals surface area contributed by atoms with Gasteiger partial charge >= 0.3 is 6.03 Å². The van der Waals surface area contributed by atoms with Gasteiger partial charge in [0.2, 0.25) is 5.91 Å². The Morgan fingerprint density at radius 2 is 1.85 bits per heavy atom. The highest BCUT2D eigenvalue weighted by Gasteiger charge is 2.53. The Balaban J connectivity index is 1.34. The van der Waals surface area contributed by atoms with Gasteiger partial charge in [0.25, 0.3) is 5.91 Å². The summed E-state index contributed by atoms with van der Waals surface area (Å²) < 4.78 is 13.1. The predicted molar refractivity (Wildman–Crippen MR) is 100 cm³/mol. The normalized spacial score (nSPS) is 25.4. The van der Waals surface area contributed by atoms with Crippen LogP contribution >= 0.6 is 11.8 Å². The van der Waals surface area contributed by atoms with Crippen molar-refractivity contribution in [3.8, 4) is 0 Å². The zero-order valence-electron chi connectivity index (χ0n) is 14.8. The first-order valence-electron chi connectivity index (χ1n) is 8.99. The summed E-state index contributed by atoms with van der Waals surface area (Å²) in [4.78, 5) is 42.3. The van der Waals surface area contributed by atoms with Crippen molar-refractivity contribution in [3.63, 3.8) is 0 Å². The summed E-state index contributed by atoms with van der Waals surface area (Å²) in [5, 5.41) is 2.78. The predicted octanol–water partition coefficient (Wildman–Crippen LogP) is 0.902. The standard InChI is InChI=1S/C18H21FN4O3S/c19-13-1-3-14(4-2-13)21-6-8-22(9-7-21)15(24)11-23-16(25)18(20-17(23)26)5-10-27-12-18/h1-4H,5-12H2,(H,20,26)/t18-/m0/s1. The Labute approximate surface area is 160 Å². The molecule has 27 heavy (non-hydrogen) atoms. The first-order valence-corrected chi connectivity index (χ1v) is 10.1. The van der Waals surface area contributed by atoms with Gasteiger partial charge in [-0.15, -0.1) is 0 Å². The Morgan fingerprint density at radius 1 is 1.15 bits per heavy atom. The second-order valence-corrected chi connectivity index (χ2v) is 8.16. The molecule has 3 aliphatic rings. The Morgan fingerprint density at radius 3 is 2.48 bits per heavy atom. The molecule has 1 atom stereocenters. The molecule has 4 amide bonds. The first-order chi connectivity index (χ1) is 13.0. The number of urea groups is 1. The summed E-state index contributed by atoms with van der Waals surface area (Å²) in [6.07, 6.45) is 0.614. The molecule has 3 aliphatic heterocycles. The van der Waals surface area contributed by atoms with Crippen LogP contribution in [0.25, 0.3) is 0 Å². The van der Waals surface area contributed by atoms with Crippen LogP contribution in [0, 0.1) is 5.82 Å². The number of thioether (sulfide) groups is 1. The van der Waals surface area contributed by atoms with E-state index in [1.54, 1.807) is 28.8 Å². The summed E-state index contributed by atoms with van der Waals surface area (Å²) in [6.45, 7) is 2.03. The van der Waals surface area contributed by atoms with Gasteiger partial charge in [0, 0.05) is 37.6 Å². The minimum atomic E-state index is -0.816. The number of carbonyl (C=O) groups excluding carboxylic acids is 3. The molecule has 0 radical (unpaired) electrons. The summed E-state index contributed by atoms with van der Waals surface area (Å²) in [5.74, 6) is 0.618. The average molecular weight is 392 g/mol. The lowest BCUT2D eigenvalue weighted by atomic mass is 9.99. The van der Waals surface area contributed by atoms with Crippen LogP contribution < -0.4 is 10.2 Å². The van der Waals surface area contributed by atoms with Crippen LogP contribution in [0.5, 0.6) is 0 Å². The smallest absolute Gasteiger partial charge is 0.325 e. The van der Waals surface area contributed by atoms with E-state index in [2.05, 4.69) is 10.2 Å². The van der Waals surface area contributed by atoms with Crippen molar-refractivity contribution in [3.05, 3.63) is 30.1 Å². The lowest BCUT2D eigenvalue weighted by Gasteiger charge is -2.36. The molecule has 0 saturated carbocycles. The maximum Gasteiger partial charge on any atom is 0.325 e. The average Bonchev–Trinajstić information content (AvgIpc) is 3.23. The van der Waals surface area contributed by atoms with E-state index in [1.165, 1.54) is 12.1 Å². The Bertz CT molecular complexity index is 758. The maximum atomic E-state index is 13.1. The van der Waals surface area contributed by atoms with Gasteiger partial charge in [-0.1, -0.05) is 0 Å². The molecule has 0 aliphatic carbocycles. The highest BCUT2D eigenvalue weighted by Crippen LogP contribution is 2.33. The fourth-order valence-corrected chi connectivity index (χ4v) is 5.08. The third-order valence-electron chi connectivity index (χ3n) is 5.39. The van der Waals surface area contributed by atoms with Crippen LogP contribution in [0.1, 0.15) is 6.42 Å². The van der Waals surface area contributed by atoms with Crippen molar-refractivity contribution in [1.29, 1.82) is 0 Å². The van der Waals surface area contributed by atoms with E-state index in [4.69, 9.17) is 0 Å². The second kappa shape index (κ2) is 7.03. The van der Waals surface area contributed by atoms with Crippen molar-refractivity contribution in [2.24, 2.45) is 0 Å². The SMILES string of the molecule is O=C(CN1C(=O)N[C@]2(CCSC2)C1=O)N1CCN(c2ccc(F)cc2)CC1. The minimum absolute atomic E-state index is 0.215. The number of piperazine rings is 1. The van der Waals surface area contributed by atoms with E-state index < -0.39 is 11.6 Å². The maximum absolute atomic E-state index is 13.1. The second-order valence-electron chi connectivity index (χ2n) is 7.05. The molecule has 0 unspecified atom stereocenters. The summed E-state index contributed by atoms with van der Waals surface area (Å²) >= 11 is 1.64. The molecule has 1 aromatic carbocycles. The van der Waals surface area contributed by atoms with E-state index in [9.17, 15) is 18.8 Å². The number of benzene rings is 1. The van der Waals surface area contributed by atoms with Gasteiger partial charge in [0.1, 0.15) is 17.9 Å². The lowest BCUT2D eigenvalue weighted by molar-refractivity contribution is -0.138. The van der Waals surface area contributed by atoms with Gasteiger partial charge in [0.15, 0.2) is 0 Å². The van der Waals surface area contributed by atoms with Crippen molar-refractivity contribution < 1.29 is 18.8 Å². The quantitative estimate of drug-likeness (QED) is 0.774. The van der Waals surface area contributed by atoms with Crippen molar-refractivity contribution in [2.75, 3.05) is 49.1 Å². The van der Waals surface area contributed by atoms with E-state index in [0.29, 0.717) is 38.4 Å². The molecule has 1 N–H and O–H groups in total. The monoisotopic (exact) mass is 392 g/mol. The molecule has 3 saturated heterocycles.